The van der Waals surface area contributed by atoms with E-state index in [1.165, 1.54) is 11.6 Å². The van der Waals surface area contributed by atoms with E-state index in [0.717, 1.165) is 24.8 Å². The summed E-state index contributed by atoms with van der Waals surface area (Å²) in [7, 11) is 1.68. The van der Waals surface area contributed by atoms with E-state index in [9.17, 15) is 8.42 Å². The maximum atomic E-state index is 11.1. The Kier molecular flexibility index (Phi) is 2.85. The van der Waals surface area contributed by atoms with Crippen LogP contribution in [0.15, 0.2) is 35.2 Å². The summed E-state index contributed by atoms with van der Waals surface area (Å²) in [5.74, 6) is 0. The van der Waals surface area contributed by atoms with Gasteiger partial charge in [0, 0.05) is 10.7 Å². The van der Waals surface area contributed by atoms with Crippen molar-refractivity contribution in [3.8, 4) is 0 Å². The third kappa shape index (κ3) is 2.41. The zero-order chi connectivity index (χ0) is 10.9. The van der Waals surface area contributed by atoms with Gasteiger partial charge in [-0.2, -0.15) is 0 Å². The third-order valence-corrected chi connectivity index (χ3v) is 3.88. The van der Waals surface area contributed by atoms with Gasteiger partial charge in [0.05, 0.1) is 4.90 Å². The molecule has 0 radical (unpaired) electrons. The highest BCUT2D eigenvalue weighted by Crippen LogP contribution is 2.29. The van der Waals surface area contributed by atoms with Gasteiger partial charge in [-0.25, -0.2) is 8.42 Å². The summed E-state index contributed by atoms with van der Waals surface area (Å²) < 4.78 is 22.3. The predicted molar refractivity (Wildman–Crippen MR) is 61.3 cm³/mol. The van der Waals surface area contributed by atoms with Crippen LogP contribution in [0.1, 0.15) is 24.8 Å². The number of hydrogen-bond donors (Lipinski definition) is 0. The highest BCUT2D eigenvalue weighted by Gasteiger charge is 2.12. The molecule has 0 spiro atoms. The standard InChI is InChI=1S/C11H11ClO2S/c12-15(13,14)11-7-3-6-10(8-11)9-4-1-2-5-9/h3-4,6-8H,1-2,5H2. The third-order valence-electron chi connectivity index (χ3n) is 2.53. The SMILES string of the molecule is O=S(=O)(Cl)c1cccc(C2=CCCC2)c1. The Hall–Kier alpha value is -0.800. The summed E-state index contributed by atoms with van der Waals surface area (Å²) >= 11 is 0. The molecule has 15 heavy (non-hydrogen) atoms. The van der Waals surface area contributed by atoms with Crippen molar-refractivity contribution in [2.45, 2.75) is 24.2 Å². The van der Waals surface area contributed by atoms with Crippen molar-refractivity contribution in [1.82, 2.24) is 0 Å². The van der Waals surface area contributed by atoms with Gasteiger partial charge in [-0.05, 0) is 42.5 Å². The van der Waals surface area contributed by atoms with Crippen molar-refractivity contribution in [3.05, 3.63) is 35.9 Å². The van der Waals surface area contributed by atoms with Crippen LogP contribution >= 0.6 is 10.7 Å². The topological polar surface area (TPSA) is 34.1 Å². The number of halogens is 1. The van der Waals surface area contributed by atoms with E-state index in [-0.39, 0.29) is 4.90 Å². The van der Waals surface area contributed by atoms with E-state index in [2.05, 4.69) is 6.08 Å². The van der Waals surface area contributed by atoms with E-state index >= 15 is 0 Å². The van der Waals surface area contributed by atoms with Crippen molar-refractivity contribution in [2.24, 2.45) is 0 Å². The minimum atomic E-state index is -3.61. The molecule has 0 fully saturated rings. The molecule has 80 valence electrons. The molecule has 0 saturated heterocycles. The van der Waals surface area contributed by atoms with E-state index in [0.29, 0.717) is 0 Å². The lowest BCUT2D eigenvalue weighted by Gasteiger charge is -2.03. The summed E-state index contributed by atoms with van der Waals surface area (Å²) in [6.45, 7) is 0. The molecule has 0 amide bonds. The van der Waals surface area contributed by atoms with Crippen molar-refractivity contribution < 1.29 is 8.42 Å². The lowest BCUT2D eigenvalue weighted by atomic mass is 10.1. The Morgan fingerprint density at radius 3 is 2.67 bits per heavy atom. The second kappa shape index (κ2) is 3.99. The quantitative estimate of drug-likeness (QED) is 0.747. The molecule has 1 aromatic carbocycles. The van der Waals surface area contributed by atoms with Gasteiger partial charge in [0.2, 0.25) is 0 Å². The number of hydrogen-bond acceptors (Lipinski definition) is 2. The second-order valence-corrected chi connectivity index (χ2v) is 6.15. The molecule has 0 heterocycles. The van der Waals surface area contributed by atoms with Crippen molar-refractivity contribution >= 4 is 25.3 Å². The first kappa shape index (κ1) is 10.7. The predicted octanol–water partition coefficient (Wildman–Crippen LogP) is 3.18. The molecule has 2 rings (SSSR count). The molecule has 0 bridgehead atoms. The molecule has 4 heteroatoms. The largest absolute Gasteiger partial charge is 0.261 e. The van der Waals surface area contributed by atoms with Crippen molar-refractivity contribution in [3.63, 3.8) is 0 Å². The lowest BCUT2D eigenvalue weighted by molar-refractivity contribution is 0.609. The van der Waals surface area contributed by atoms with Gasteiger partial charge in [-0.15, -0.1) is 0 Å². The first-order valence-electron chi connectivity index (χ1n) is 4.81. The van der Waals surface area contributed by atoms with E-state index < -0.39 is 9.05 Å². The number of rotatable bonds is 2. The van der Waals surface area contributed by atoms with Gasteiger partial charge in [0.15, 0.2) is 0 Å². The Morgan fingerprint density at radius 2 is 2.07 bits per heavy atom. The summed E-state index contributed by atoms with van der Waals surface area (Å²) in [5.41, 5.74) is 2.19. The van der Waals surface area contributed by atoms with Crippen LogP contribution in [0.25, 0.3) is 5.57 Å². The molecule has 0 aliphatic heterocycles. The molecule has 0 atom stereocenters. The first-order chi connectivity index (χ1) is 7.07. The summed E-state index contributed by atoms with van der Waals surface area (Å²) in [6, 6.07) is 6.80. The maximum Gasteiger partial charge on any atom is 0.261 e. The molecule has 0 N–H and O–H groups in total. The van der Waals surface area contributed by atoms with E-state index in [1.807, 2.05) is 6.07 Å². The number of allylic oxidation sites excluding steroid dienone is 2. The Bertz CT molecular complexity index is 503. The molecular weight excluding hydrogens is 232 g/mol. The maximum absolute atomic E-state index is 11.1. The van der Waals surface area contributed by atoms with Gasteiger partial charge in [-0.1, -0.05) is 18.2 Å². The average Bonchev–Trinajstić information content (AvgIpc) is 2.69. The zero-order valence-corrected chi connectivity index (χ0v) is 9.68. The highest BCUT2D eigenvalue weighted by atomic mass is 35.7. The van der Waals surface area contributed by atoms with Crippen molar-refractivity contribution in [2.75, 3.05) is 0 Å². The fourth-order valence-electron chi connectivity index (χ4n) is 1.78. The summed E-state index contributed by atoms with van der Waals surface area (Å²) in [4.78, 5) is 0.175. The van der Waals surface area contributed by atoms with E-state index in [4.69, 9.17) is 10.7 Å². The Morgan fingerprint density at radius 1 is 1.27 bits per heavy atom. The van der Waals surface area contributed by atoms with Crippen LogP contribution in [0.4, 0.5) is 0 Å². The summed E-state index contributed by atoms with van der Waals surface area (Å²) in [5, 5.41) is 0. The van der Waals surface area contributed by atoms with Gasteiger partial charge in [-0.3, -0.25) is 0 Å². The van der Waals surface area contributed by atoms with Gasteiger partial charge < -0.3 is 0 Å². The molecular formula is C11H11ClO2S. The van der Waals surface area contributed by atoms with Crippen LogP contribution in [-0.2, 0) is 9.05 Å². The Balaban J connectivity index is 2.43. The molecule has 0 unspecified atom stereocenters. The van der Waals surface area contributed by atoms with Crippen LogP contribution in [0, 0.1) is 0 Å². The van der Waals surface area contributed by atoms with Crippen LogP contribution in [0.2, 0.25) is 0 Å². The van der Waals surface area contributed by atoms with Crippen LogP contribution in [0.3, 0.4) is 0 Å². The van der Waals surface area contributed by atoms with Crippen LogP contribution in [0.5, 0.6) is 0 Å². The Labute approximate surface area is 94.0 Å². The molecule has 1 aliphatic carbocycles. The van der Waals surface area contributed by atoms with Crippen molar-refractivity contribution in [1.29, 1.82) is 0 Å². The molecule has 0 saturated carbocycles. The molecule has 0 aromatic heterocycles. The highest BCUT2D eigenvalue weighted by molar-refractivity contribution is 8.13. The minimum absolute atomic E-state index is 0.175. The lowest BCUT2D eigenvalue weighted by Crippen LogP contribution is -1.91. The molecule has 1 aromatic rings. The smallest absolute Gasteiger partial charge is 0.207 e. The fraction of sp³-hybridized carbons (Fsp3) is 0.273. The molecule has 2 nitrogen and oxygen atoms in total. The van der Waals surface area contributed by atoms with Crippen LogP contribution in [-0.4, -0.2) is 8.42 Å². The monoisotopic (exact) mass is 242 g/mol. The minimum Gasteiger partial charge on any atom is -0.207 e. The van der Waals surface area contributed by atoms with Gasteiger partial charge >= 0.3 is 0 Å². The molecule has 1 aliphatic rings. The number of benzene rings is 1. The fourth-order valence-corrected chi connectivity index (χ4v) is 2.58. The second-order valence-electron chi connectivity index (χ2n) is 3.59. The van der Waals surface area contributed by atoms with Gasteiger partial charge in [0.1, 0.15) is 0 Å². The first-order valence-corrected chi connectivity index (χ1v) is 7.12. The van der Waals surface area contributed by atoms with E-state index in [1.54, 1.807) is 12.1 Å². The van der Waals surface area contributed by atoms with Crippen LogP contribution < -0.4 is 0 Å². The summed E-state index contributed by atoms with van der Waals surface area (Å²) in [6.07, 6.45) is 5.39. The normalized spacial score (nSPS) is 16.5. The zero-order valence-electron chi connectivity index (χ0n) is 8.11. The van der Waals surface area contributed by atoms with Gasteiger partial charge in [0.25, 0.3) is 9.05 Å². The average molecular weight is 243 g/mol.